The van der Waals surface area contributed by atoms with E-state index in [-0.39, 0.29) is 25.6 Å². The number of rotatable bonds is 8. The Bertz CT molecular complexity index is 845. The molecule has 3 rings (SSSR count). The summed E-state index contributed by atoms with van der Waals surface area (Å²) in [6.07, 6.45) is -0.692. The number of urea groups is 1. The van der Waals surface area contributed by atoms with Gasteiger partial charge in [-0.1, -0.05) is 55.5 Å². The summed E-state index contributed by atoms with van der Waals surface area (Å²) in [5.74, 6) is -0.791. The molecule has 6 nitrogen and oxygen atoms in total. The first-order chi connectivity index (χ1) is 13.5. The number of amides is 3. The smallest absolute Gasteiger partial charge is 0.325 e. The molecule has 2 N–H and O–H groups in total. The van der Waals surface area contributed by atoms with Gasteiger partial charge in [0.1, 0.15) is 11.4 Å². The van der Waals surface area contributed by atoms with Crippen LogP contribution in [0.15, 0.2) is 54.6 Å². The number of ether oxygens (including phenoxy) is 1. The molecule has 1 heterocycles. The first kappa shape index (κ1) is 20.0. The number of nitrogens with one attached hydrogen (secondary N) is 1. The zero-order valence-corrected chi connectivity index (χ0v) is 15.6. The van der Waals surface area contributed by atoms with E-state index in [0.717, 1.165) is 4.90 Å². The lowest BCUT2D eigenvalue weighted by Crippen LogP contribution is -2.44. The Morgan fingerprint density at radius 2 is 1.82 bits per heavy atom. The van der Waals surface area contributed by atoms with E-state index < -0.39 is 23.6 Å². The van der Waals surface area contributed by atoms with Gasteiger partial charge < -0.3 is 15.2 Å². The minimum absolute atomic E-state index is 0.00715. The van der Waals surface area contributed by atoms with Gasteiger partial charge in [-0.3, -0.25) is 9.69 Å². The molecule has 148 valence electrons. The first-order valence-corrected chi connectivity index (χ1v) is 9.16. The second kappa shape index (κ2) is 8.50. The van der Waals surface area contributed by atoms with Crippen molar-refractivity contribution in [3.8, 4) is 0 Å². The molecule has 1 aliphatic heterocycles. The second-order valence-corrected chi connectivity index (χ2v) is 6.73. The average Bonchev–Trinajstić information content (AvgIpc) is 2.95. The Morgan fingerprint density at radius 3 is 2.50 bits per heavy atom. The van der Waals surface area contributed by atoms with Gasteiger partial charge in [0.25, 0.3) is 5.91 Å². The van der Waals surface area contributed by atoms with Crippen molar-refractivity contribution in [3.63, 3.8) is 0 Å². The molecule has 2 atom stereocenters. The fraction of sp³-hybridized carbons (Fsp3) is 0.333. The van der Waals surface area contributed by atoms with E-state index >= 15 is 0 Å². The zero-order chi connectivity index (χ0) is 20.1. The maximum atomic E-state index is 13.6. The predicted octanol–water partition coefficient (Wildman–Crippen LogP) is 2.56. The van der Waals surface area contributed by atoms with E-state index in [4.69, 9.17) is 4.74 Å². The van der Waals surface area contributed by atoms with Gasteiger partial charge in [-0.15, -0.1) is 0 Å². The molecular formula is C21H23FN2O4. The van der Waals surface area contributed by atoms with E-state index in [9.17, 15) is 19.1 Å². The number of hydrogen-bond acceptors (Lipinski definition) is 4. The second-order valence-electron chi connectivity index (χ2n) is 6.73. The summed E-state index contributed by atoms with van der Waals surface area (Å²) in [7, 11) is 0. The molecule has 0 radical (unpaired) electrons. The maximum absolute atomic E-state index is 13.6. The lowest BCUT2D eigenvalue weighted by Gasteiger charge is -2.26. The summed E-state index contributed by atoms with van der Waals surface area (Å²) < 4.78 is 18.9. The quantitative estimate of drug-likeness (QED) is 0.684. The van der Waals surface area contributed by atoms with Crippen molar-refractivity contribution in [1.82, 2.24) is 10.2 Å². The Labute approximate surface area is 162 Å². The molecule has 2 aromatic carbocycles. The summed E-state index contributed by atoms with van der Waals surface area (Å²) in [5.41, 5.74) is -0.0612. The van der Waals surface area contributed by atoms with Gasteiger partial charge in [0.2, 0.25) is 0 Å². The third kappa shape index (κ3) is 3.90. The highest BCUT2D eigenvalue weighted by Crippen LogP contribution is 2.32. The van der Waals surface area contributed by atoms with Crippen molar-refractivity contribution in [3.05, 3.63) is 71.5 Å². The lowest BCUT2D eigenvalue weighted by molar-refractivity contribution is -0.133. The molecule has 0 aliphatic carbocycles. The van der Waals surface area contributed by atoms with Gasteiger partial charge in [-0.05, 0) is 18.1 Å². The topological polar surface area (TPSA) is 78.9 Å². The summed E-state index contributed by atoms with van der Waals surface area (Å²) in [4.78, 5) is 26.4. The van der Waals surface area contributed by atoms with Crippen molar-refractivity contribution in [2.24, 2.45) is 0 Å². The van der Waals surface area contributed by atoms with Gasteiger partial charge in [0, 0.05) is 5.56 Å². The molecular weight excluding hydrogens is 363 g/mol. The Morgan fingerprint density at radius 1 is 1.14 bits per heavy atom. The number of carbonyl (C=O) groups is 2. The average molecular weight is 386 g/mol. The fourth-order valence-corrected chi connectivity index (χ4v) is 3.34. The fourth-order valence-electron chi connectivity index (χ4n) is 3.34. The van der Waals surface area contributed by atoms with Crippen molar-refractivity contribution in [1.29, 1.82) is 0 Å². The number of halogens is 1. The summed E-state index contributed by atoms with van der Waals surface area (Å²) in [6, 6.07) is 14.7. The van der Waals surface area contributed by atoms with Crippen LogP contribution in [0.3, 0.4) is 0 Å². The number of aliphatic hydroxyl groups is 1. The van der Waals surface area contributed by atoms with Crippen LogP contribution in [0.1, 0.15) is 24.5 Å². The molecule has 2 aromatic rings. The van der Waals surface area contributed by atoms with Crippen molar-refractivity contribution < 1.29 is 23.8 Å². The standard InChI is InChI=1S/C21H23FN2O4/c1-2-21(16-9-4-3-5-10-16)19(26)24(20(27)23-21)12-17(25)14-28-13-15-8-6-7-11-18(15)22/h3-11,17,25H,2,12-14H2,1H3,(H,23,27). The van der Waals surface area contributed by atoms with Crippen LogP contribution >= 0.6 is 0 Å². The Balaban J connectivity index is 1.61. The van der Waals surface area contributed by atoms with Crippen LogP contribution in [-0.4, -0.2) is 41.2 Å². The largest absolute Gasteiger partial charge is 0.389 e. The molecule has 3 amide bonds. The highest BCUT2D eigenvalue weighted by atomic mass is 19.1. The predicted molar refractivity (Wildman–Crippen MR) is 101 cm³/mol. The molecule has 7 heteroatoms. The van der Waals surface area contributed by atoms with Crippen LogP contribution in [0.4, 0.5) is 9.18 Å². The maximum Gasteiger partial charge on any atom is 0.325 e. The number of imide groups is 1. The van der Waals surface area contributed by atoms with E-state index in [0.29, 0.717) is 17.5 Å². The van der Waals surface area contributed by atoms with Crippen molar-refractivity contribution in [2.75, 3.05) is 13.2 Å². The third-order valence-electron chi connectivity index (χ3n) is 4.89. The minimum Gasteiger partial charge on any atom is -0.389 e. The lowest BCUT2D eigenvalue weighted by atomic mass is 9.87. The highest BCUT2D eigenvalue weighted by molar-refractivity contribution is 6.07. The van der Waals surface area contributed by atoms with Crippen LogP contribution in [0.2, 0.25) is 0 Å². The van der Waals surface area contributed by atoms with E-state index in [1.165, 1.54) is 6.07 Å². The monoisotopic (exact) mass is 386 g/mol. The van der Waals surface area contributed by atoms with Crippen molar-refractivity contribution in [2.45, 2.75) is 31.6 Å². The molecule has 28 heavy (non-hydrogen) atoms. The number of carbonyl (C=O) groups excluding carboxylic acids is 2. The van der Waals surface area contributed by atoms with Crippen LogP contribution in [0.25, 0.3) is 0 Å². The molecule has 0 saturated carbocycles. The highest BCUT2D eigenvalue weighted by Gasteiger charge is 2.51. The number of aliphatic hydroxyl groups excluding tert-OH is 1. The number of hydrogen-bond donors (Lipinski definition) is 2. The first-order valence-electron chi connectivity index (χ1n) is 9.16. The van der Waals surface area contributed by atoms with Crippen LogP contribution in [-0.2, 0) is 21.7 Å². The third-order valence-corrected chi connectivity index (χ3v) is 4.89. The molecule has 1 aliphatic rings. The van der Waals surface area contributed by atoms with E-state index in [1.54, 1.807) is 42.5 Å². The van der Waals surface area contributed by atoms with Crippen LogP contribution in [0, 0.1) is 5.82 Å². The van der Waals surface area contributed by atoms with Gasteiger partial charge in [0.05, 0.1) is 25.9 Å². The molecule has 1 saturated heterocycles. The van der Waals surface area contributed by atoms with E-state index in [1.807, 2.05) is 13.0 Å². The molecule has 0 spiro atoms. The van der Waals surface area contributed by atoms with Gasteiger partial charge in [-0.2, -0.15) is 0 Å². The normalized spacial score (nSPS) is 20.3. The minimum atomic E-state index is -1.13. The molecule has 0 bridgehead atoms. The Hall–Kier alpha value is -2.77. The number of β-amino-alcohol motifs (C(OH)–C–C–N with tert-alkyl or cyclic N) is 1. The summed E-state index contributed by atoms with van der Waals surface area (Å²) in [5, 5.41) is 13.0. The molecule has 1 fully saturated rings. The summed E-state index contributed by atoms with van der Waals surface area (Å²) >= 11 is 0. The zero-order valence-electron chi connectivity index (χ0n) is 15.6. The SMILES string of the molecule is CCC1(c2ccccc2)NC(=O)N(CC(O)COCc2ccccc2F)C1=O. The van der Waals surface area contributed by atoms with Gasteiger partial charge >= 0.3 is 6.03 Å². The van der Waals surface area contributed by atoms with Gasteiger partial charge in [-0.25, -0.2) is 9.18 Å². The van der Waals surface area contributed by atoms with Gasteiger partial charge in [0.15, 0.2) is 0 Å². The number of nitrogens with zero attached hydrogens (tertiary/aromatic N) is 1. The van der Waals surface area contributed by atoms with Crippen LogP contribution in [0.5, 0.6) is 0 Å². The van der Waals surface area contributed by atoms with Crippen LogP contribution < -0.4 is 5.32 Å². The molecule has 0 aromatic heterocycles. The van der Waals surface area contributed by atoms with E-state index in [2.05, 4.69) is 5.32 Å². The molecule has 2 unspecified atom stereocenters. The van der Waals surface area contributed by atoms with Crippen molar-refractivity contribution >= 4 is 11.9 Å². The summed E-state index contributed by atoms with van der Waals surface area (Å²) in [6.45, 7) is 1.49. The number of benzene rings is 2. The Kier molecular flexibility index (Phi) is 6.06.